The maximum atomic E-state index is 12.0. The molecule has 3 N–H and O–H groups in total. The molecule has 5 heteroatoms. The maximum absolute atomic E-state index is 12.0. The fourth-order valence-corrected chi connectivity index (χ4v) is 2.93. The van der Waals surface area contributed by atoms with Crippen molar-refractivity contribution >= 4 is 10.0 Å². The lowest BCUT2D eigenvalue weighted by molar-refractivity contribution is 0.407. The molecule has 0 atom stereocenters. The monoisotopic (exact) mass is 270 g/mol. The molecule has 0 aliphatic rings. The molecular weight excluding hydrogens is 248 g/mol. The molecule has 102 valence electrons. The number of hydrogen-bond donors (Lipinski definition) is 2. The Balaban J connectivity index is 2.77. The number of nitrogens with two attached hydrogens (primary N) is 1. The lowest BCUT2D eigenvalue weighted by Gasteiger charge is -2.19. The molecule has 18 heavy (non-hydrogen) atoms. The lowest BCUT2D eigenvalue weighted by atomic mass is 9.98. The molecule has 0 aliphatic heterocycles. The SMILES string of the molecule is CC(C)(C)CNS(=O)(=O)Cc1ccccc1CN. The van der Waals surface area contributed by atoms with E-state index >= 15 is 0 Å². The Hall–Kier alpha value is -0.910. The van der Waals surface area contributed by atoms with Crippen LogP contribution in [0.15, 0.2) is 24.3 Å². The summed E-state index contributed by atoms with van der Waals surface area (Å²) in [5.74, 6) is -0.0174. The van der Waals surface area contributed by atoms with E-state index in [-0.39, 0.29) is 11.2 Å². The molecule has 0 aliphatic carbocycles. The van der Waals surface area contributed by atoms with E-state index in [1.165, 1.54) is 0 Å². The van der Waals surface area contributed by atoms with Crippen LogP contribution in [0.2, 0.25) is 0 Å². The minimum Gasteiger partial charge on any atom is -0.326 e. The van der Waals surface area contributed by atoms with Crippen LogP contribution < -0.4 is 10.5 Å². The molecule has 0 bridgehead atoms. The summed E-state index contributed by atoms with van der Waals surface area (Å²) in [5.41, 5.74) is 7.17. The van der Waals surface area contributed by atoms with Crippen molar-refractivity contribution in [1.29, 1.82) is 0 Å². The van der Waals surface area contributed by atoms with E-state index in [0.717, 1.165) is 11.1 Å². The molecule has 0 heterocycles. The molecule has 0 aromatic heterocycles. The Bertz CT molecular complexity index is 490. The van der Waals surface area contributed by atoms with Crippen LogP contribution in [-0.2, 0) is 22.3 Å². The zero-order chi connectivity index (χ0) is 13.8. The Morgan fingerprint density at radius 1 is 1.17 bits per heavy atom. The third kappa shape index (κ3) is 5.16. The molecule has 1 rings (SSSR count). The first-order chi connectivity index (χ1) is 8.23. The second-order valence-corrected chi connectivity index (χ2v) is 7.42. The van der Waals surface area contributed by atoms with E-state index in [1.54, 1.807) is 6.07 Å². The highest BCUT2D eigenvalue weighted by atomic mass is 32.2. The zero-order valence-corrected chi connectivity index (χ0v) is 12.0. The zero-order valence-electron chi connectivity index (χ0n) is 11.2. The first-order valence-corrected chi connectivity index (χ1v) is 7.63. The van der Waals surface area contributed by atoms with Crippen molar-refractivity contribution in [2.24, 2.45) is 11.1 Å². The quantitative estimate of drug-likeness (QED) is 0.854. The molecule has 0 saturated carbocycles. The topological polar surface area (TPSA) is 72.2 Å². The van der Waals surface area contributed by atoms with Crippen LogP contribution in [0.25, 0.3) is 0 Å². The normalized spacial score (nSPS) is 12.7. The van der Waals surface area contributed by atoms with Gasteiger partial charge in [-0.3, -0.25) is 0 Å². The number of nitrogens with one attached hydrogen (secondary N) is 1. The summed E-state index contributed by atoms with van der Waals surface area (Å²) in [6.45, 7) is 6.75. The van der Waals surface area contributed by atoms with Gasteiger partial charge in [-0.25, -0.2) is 13.1 Å². The van der Waals surface area contributed by atoms with Gasteiger partial charge in [-0.05, 0) is 16.5 Å². The minimum atomic E-state index is -3.31. The second-order valence-electron chi connectivity index (χ2n) is 5.61. The Kier molecular flexibility index (Phi) is 4.90. The van der Waals surface area contributed by atoms with Crippen molar-refractivity contribution in [3.63, 3.8) is 0 Å². The first kappa shape index (κ1) is 15.1. The maximum Gasteiger partial charge on any atom is 0.215 e. The summed E-state index contributed by atoms with van der Waals surface area (Å²) in [7, 11) is -3.31. The first-order valence-electron chi connectivity index (χ1n) is 5.98. The van der Waals surface area contributed by atoms with Gasteiger partial charge in [0.25, 0.3) is 0 Å². The van der Waals surface area contributed by atoms with Gasteiger partial charge in [0.1, 0.15) is 0 Å². The van der Waals surface area contributed by atoms with E-state index in [4.69, 9.17) is 5.73 Å². The van der Waals surface area contributed by atoms with Crippen LogP contribution in [0.1, 0.15) is 31.9 Å². The molecule has 0 amide bonds. The molecular formula is C13H22N2O2S. The summed E-state index contributed by atoms with van der Waals surface area (Å²) in [6.07, 6.45) is 0. The summed E-state index contributed by atoms with van der Waals surface area (Å²) in [6, 6.07) is 7.35. The Morgan fingerprint density at radius 3 is 2.22 bits per heavy atom. The second kappa shape index (κ2) is 5.82. The van der Waals surface area contributed by atoms with Crippen molar-refractivity contribution in [3.8, 4) is 0 Å². The summed E-state index contributed by atoms with van der Waals surface area (Å²) in [4.78, 5) is 0. The number of sulfonamides is 1. The van der Waals surface area contributed by atoms with Gasteiger partial charge < -0.3 is 5.73 Å². The van der Waals surface area contributed by atoms with Gasteiger partial charge in [0, 0.05) is 13.1 Å². The van der Waals surface area contributed by atoms with Gasteiger partial charge in [0.2, 0.25) is 10.0 Å². The fourth-order valence-electron chi connectivity index (χ4n) is 1.48. The predicted octanol–water partition coefficient (Wildman–Crippen LogP) is 1.61. The predicted molar refractivity (Wildman–Crippen MR) is 74.4 cm³/mol. The summed E-state index contributed by atoms with van der Waals surface area (Å²) in [5, 5.41) is 0. The number of benzene rings is 1. The molecule has 0 spiro atoms. The van der Waals surface area contributed by atoms with Crippen molar-refractivity contribution < 1.29 is 8.42 Å². The van der Waals surface area contributed by atoms with Crippen LogP contribution in [0, 0.1) is 5.41 Å². The minimum absolute atomic E-state index is 0.0174. The Labute approximate surface area is 110 Å². The van der Waals surface area contributed by atoms with Crippen LogP contribution in [0.3, 0.4) is 0 Å². The van der Waals surface area contributed by atoms with Gasteiger partial charge in [-0.2, -0.15) is 0 Å². The highest BCUT2D eigenvalue weighted by Gasteiger charge is 2.17. The van der Waals surface area contributed by atoms with E-state index in [2.05, 4.69) is 4.72 Å². The summed E-state index contributed by atoms with van der Waals surface area (Å²) < 4.78 is 26.6. The van der Waals surface area contributed by atoms with E-state index in [9.17, 15) is 8.42 Å². The van der Waals surface area contributed by atoms with E-state index < -0.39 is 10.0 Å². The number of rotatable bonds is 5. The Morgan fingerprint density at radius 2 is 1.72 bits per heavy atom. The molecule has 1 aromatic carbocycles. The van der Waals surface area contributed by atoms with Gasteiger partial charge in [0.05, 0.1) is 5.75 Å². The molecule has 0 fully saturated rings. The van der Waals surface area contributed by atoms with Crippen molar-refractivity contribution in [3.05, 3.63) is 35.4 Å². The smallest absolute Gasteiger partial charge is 0.215 e. The van der Waals surface area contributed by atoms with Gasteiger partial charge in [0.15, 0.2) is 0 Å². The average molecular weight is 270 g/mol. The van der Waals surface area contributed by atoms with Gasteiger partial charge in [-0.1, -0.05) is 45.0 Å². The highest BCUT2D eigenvalue weighted by molar-refractivity contribution is 7.88. The molecule has 0 radical (unpaired) electrons. The van der Waals surface area contributed by atoms with Gasteiger partial charge in [-0.15, -0.1) is 0 Å². The number of hydrogen-bond acceptors (Lipinski definition) is 3. The molecule has 0 unspecified atom stereocenters. The molecule has 4 nitrogen and oxygen atoms in total. The standard InChI is InChI=1S/C13H22N2O2S/c1-13(2,3)10-15-18(16,17)9-12-7-5-4-6-11(12)8-14/h4-7,15H,8-10,14H2,1-3H3. The van der Waals surface area contributed by atoms with Crippen LogP contribution >= 0.6 is 0 Å². The highest BCUT2D eigenvalue weighted by Crippen LogP contribution is 2.14. The van der Waals surface area contributed by atoms with E-state index in [0.29, 0.717) is 13.1 Å². The van der Waals surface area contributed by atoms with Crippen LogP contribution in [0.4, 0.5) is 0 Å². The third-order valence-electron chi connectivity index (χ3n) is 2.51. The fraction of sp³-hybridized carbons (Fsp3) is 0.538. The summed E-state index contributed by atoms with van der Waals surface area (Å²) >= 11 is 0. The van der Waals surface area contributed by atoms with E-state index in [1.807, 2.05) is 39.0 Å². The lowest BCUT2D eigenvalue weighted by Crippen LogP contribution is -2.33. The van der Waals surface area contributed by atoms with Crippen molar-refractivity contribution in [2.75, 3.05) is 6.54 Å². The molecule has 1 aromatic rings. The van der Waals surface area contributed by atoms with Crippen molar-refractivity contribution in [1.82, 2.24) is 4.72 Å². The van der Waals surface area contributed by atoms with Crippen molar-refractivity contribution in [2.45, 2.75) is 33.1 Å². The van der Waals surface area contributed by atoms with Crippen LogP contribution in [-0.4, -0.2) is 15.0 Å². The third-order valence-corrected chi connectivity index (χ3v) is 3.78. The largest absolute Gasteiger partial charge is 0.326 e. The average Bonchev–Trinajstić information content (AvgIpc) is 2.26. The van der Waals surface area contributed by atoms with Crippen LogP contribution in [0.5, 0.6) is 0 Å². The molecule has 0 saturated heterocycles. The van der Waals surface area contributed by atoms with Gasteiger partial charge >= 0.3 is 0 Å².